The average Bonchev–Trinajstić information content (AvgIpc) is 2.43. The van der Waals surface area contributed by atoms with E-state index in [1.165, 1.54) is 0 Å². The van der Waals surface area contributed by atoms with Crippen molar-refractivity contribution in [2.24, 2.45) is 0 Å². The number of carbonyl (C=O) groups is 1. The zero-order valence-corrected chi connectivity index (χ0v) is 8.47. The molecule has 2 aliphatic rings. The molecule has 0 aromatic carbocycles. The molecule has 1 amide bonds. The lowest BCUT2D eigenvalue weighted by molar-refractivity contribution is -0.154. The number of carbonyl (C=O) groups excluding carboxylic acids is 1. The van der Waals surface area contributed by atoms with E-state index in [9.17, 15) is 4.79 Å². The summed E-state index contributed by atoms with van der Waals surface area (Å²) in [5.74, 6) is 3.30. The van der Waals surface area contributed by atoms with E-state index in [2.05, 4.69) is 13.0 Å². The molecular weight excluding hydrogens is 186 g/mol. The van der Waals surface area contributed by atoms with Crippen molar-refractivity contribution in [1.82, 2.24) is 4.90 Å². The van der Waals surface area contributed by atoms with Gasteiger partial charge >= 0.3 is 0 Å². The molecule has 1 atom stereocenters. The molecule has 0 bridgehead atoms. The first-order chi connectivity index (χ1) is 6.31. The molecule has 2 heterocycles. The molecule has 3 nitrogen and oxygen atoms in total. The highest BCUT2D eigenvalue weighted by molar-refractivity contribution is 7.99. The number of β-lactam (4-membered cyclic amide) rings is 1. The topological polar surface area (TPSA) is 29.5 Å². The molecule has 0 aromatic rings. The molecule has 72 valence electrons. The van der Waals surface area contributed by atoms with E-state index < -0.39 is 0 Å². The fraction of sp³-hybridized carbons (Fsp3) is 0.667. The number of ether oxygens (including phenoxy) is 1. The molecule has 0 radical (unpaired) electrons. The number of rotatable bonds is 3. The maximum Gasteiger partial charge on any atom is 0.231 e. The Kier molecular flexibility index (Phi) is 2.49. The van der Waals surface area contributed by atoms with Gasteiger partial charge in [0.05, 0.1) is 13.0 Å². The van der Waals surface area contributed by atoms with Gasteiger partial charge in [-0.1, -0.05) is 6.92 Å². The second-order valence-corrected chi connectivity index (χ2v) is 4.45. The second-order valence-electron chi connectivity index (χ2n) is 3.13. The van der Waals surface area contributed by atoms with E-state index in [1.807, 2.05) is 11.8 Å². The number of nitrogens with zero attached hydrogens (tertiary/aromatic N) is 1. The van der Waals surface area contributed by atoms with Crippen LogP contribution in [0, 0.1) is 0 Å². The van der Waals surface area contributed by atoms with E-state index >= 15 is 0 Å². The van der Waals surface area contributed by atoms with Gasteiger partial charge in [-0.2, -0.15) is 11.8 Å². The Bertz CT molecular complexity index is 252. The molecule has 0 aromatic heterocycles. The van der Waals surface area contributed by atoms with Gasteiger partial charge in [-0.15, -0.1) is 0 Å². The van der Waals surface area contributed by atoms with E-state index in [0.717, 1.165) is 17.3 Å². The molecule has 13 heavy (non-hydrogen) atoms. The van der Waals surface area contributed by atoms with Crippen molar-refractivity contribution in [3.63, 3.8) is 0 Å². The quantitative estimate of drug-likeness (QED) is 0.505. The van der Waals surface area contributed by atoms with Gasteiger partial charge in [-0.05, 0) is 11.8 Å². The SMILES string of the molecule is CCSC/C=C1/CN2C(=O)C[C@H]2O1. The van der Waals surface area contributed by atoms with Crippen molar-refractivity contribution in [1.29, 1.82) is 0 Å². The lowest BCUT2D eigenvalue weighted by atomic mass is 10.2. The normalized spacial score (nSPS) is 28.7. The Morgan fingerprint density at radius 1 is 1.77 bits per heavy atom. The van der Waals surface area contributed by atoms with Crippen LogP contribution in [0.2, 0.25) is 0 Å². The molecule has 2 rings (SSSR count). The van der Waals surface area contributed by atoms with Crippen molar-refractivity contribution in [3.8, 4) is 0 Å². The third kappa shape index (κ3) is 1.68. The van der Waals surface area contributed by atoms with E-state index in [1.54, 1.807) is 4.90 Å². The first-order valence-corrected chi connectivity index (χ1v) is 5.69. The van der Waals surface area contributed by atoms with Crippen molar-refractivity contribution in [2.45, 2.75) is 19.6 Å². The third-order valence-electron chi connectivity index (χ3n) is 2.26. The van der Waals surface area contributed by atoms with Crippen LogP contribution in [0.1, 0.15) is 13.3 Å². The number of amides is 1. The van der Waals surface area contributed by atoms with Crippen molar-refractivity contribution in [2.75, 3.05) is 18.1 Å². The molecule has 0 unspecified atom stereocenters. The van der Waals surface area contributed by atoms with Crippen LogP contribution in [0.25, 0.3) is 0 Å². The molecule has 2 fully saturated rings. The van der Waals surface area contributed by atoms with Gasteiger partial charge in [0.1, 0.15) is 5.76 Å². The molecule has 0 saturated carbocycles. The second kappa shape index (κ2) is 3.62. The van der Waals surface area contributed by atoms with Crippen LogP contribution in [0.15, 0.2) is 11.8 Å². The average molecular weight is 199 g/mol. The zero-order chi connectivity index (χ0) is 9.26. The smallest absolute Gasteiger partial charge is 0.231 e. The van der Waals surface area contributed by atoms with Crippen LogP contribution in [0.3, 0.4) is 0 Å². The van der Waals surface area contributed by atoms with Crippen LogP contribution in [0.5, 0.6) is 0 Å². The molecule has 0 N–H and O–H groups in total. The summed E-state index contributed by atoms with van der Waals surface area (Å²) in [6.07, 6.45) is 2.71. The number of thioether (sulfide) groups is 1. The van der Waals surface area contributed by atoms with Crippen LogP contribution in [-0.2, 0) is 9.53 Å². The summed E-state index contributed by atoms with van der Waals surface area (Å²) in [6, 6.07) is 0. The molecule has 2 saturated heterocycles. The van der Waals surface area contributed by atoms with E-state index in [4.69, 9.17) is 4.74 Å². The lowest BCUT2D eigenvalue weighted by Gasteiger charge is -2.30. The lowest BCUT2D eigenvalue weighted by Crippen LogP contribution is -2.48. The first kappa shape index (κ1) is 8.94. The highest BCUT2D eigenvalue weighted by Gasteiger charge is 2.43. The summed E-state index contributed by atoms with van der Waals surface area (Å²) in [5, 5.41) is 0. The van der Waals surface area contributed by atoms with Crippen LogP contribution in [0.4, 0.5) is 0 Å². The summed E-state index contributed by atoms with van der Waals surface area (Å²) in [4.78, 5) is 12.8. The monoisotopic (exact) mass is 199 g/mol. The first-order valence-electron chi connectivity index (χ1n) is 4.54. The maximum atomic E-state index is 11.0. The predicted octanol–water partition coefficient (Wildman–Crippen LogP) is 1.21. The largest absolute Gasteiger partial charge is 0.473 e. The summed E-state index contributed by atoms with van der Waals surface area (Å²) in [6.45, 7) is 2.82. The maximum absolute atomic E-state index is 11.0. The predicted molar refractivity (Wildman–Crippen MR) is 52.3 cm³/mol. The Morgan fingerprint density at radius 2 is 2.62 bits per heavy atom. The molecular formula is C9H13NO2S. The van der Waals surface area contributed by atoms with Crippen LogP contribution in [-0.4, -0.2) is 35.1 Å². The highest BCUT2D eigenvalue weighted by atomic mass is 32.2. The number of hydrogen-bond donors (Lipinski definition) is 0. The minimum absolute atomic E-state index is 0.0605. The van der Waals surface area contributed by atoms with Gasteiger partial charge < -0.3 is 4.74 Å². The van der Waals surface area contributed by atoms with Gasteiger partial charge in [-0.25, -0.2) is 0 Å². The Balaban J connectivity index is 1.84. The molecule has 2 aliphatic heterocycles. The van der Waals surface area contributed by atoms with Crippen LogP contribution < -0.4 is 0 Å². The Hall–Kier alpha value is -0.640. The minimum atomic E-state index is 0.0605. The fourth-order valence-electron chi connectivity index (χ4n) is 1.48. The summed E-state index contributed by atoms with van der Waals surface area (Å²) in [7, 11) is 0. The third-order valence-corrected chi connectivity index (χ3v) is 3.07. The number of fused-ring (bicyclic) bond motifs is 1. The van der Waals surface area contributed by atoms with Gasteiger partial charge in [0, 0.05) is 5.75 Å². The molecule has 4 heteroatoms. The zero-order valence-electron chi connectivity index (χ0n) is 7.66. The summed E-state index contributed by atoms with van der Waals surface area (Å²) in [5.41, 5.74) is 0. The van der Waals surface area contributed by atoms with Gasteiger partial charge in [0.2, 0.25) is 5.91 Å². The van der Waals surface area contributed by atoms with E-state index in [0.29, 0.717) is 13.0 Å². The summed E-state index contributed by atoms with van der Waals surface area (Å²) < 4.78 is 5.53. The van der Waals surface area contributed by atoms with Crippen molar-refractivity contribution in [3.05, 3.63) is 11.8 Å². The Morgan fingerprint density at radius 3 is 3.23 bits per heavy atom. The van der Waals surface area contributed by atoms with Crippen LogP contribution >= 0.6 is 11.8 Å². The van der Waals surface area contributed by atoms with Gasteiger partial charge in [0.15, 0.2) is 6.23 Å². The molecule has 0 aliphatic carbocycles. The molecule has 0 spiro atoms. The minimum Gasteiger partial charge on any atom is -0.473 e. The van der Waals surface area contributed by atoms with Crippen molar-refractivity contribution >= 4 is 17.7 Å². The highest BCUT2D eigenvalue weighted by Crippen LogP contribution is 2.30. The number of hydrogen-bond acceptors (Lipinski definition) is 3. The Labute approximate surface area is 82.1 Å². The van der Waals surface area contributed by atoms with Gasteiger partial charge in [-0.3, -0.25) is 9.69 Å². The van der Waals surface area contributed by atoms with Gasteiger partial charge in [0.25, 0.3) is 0 Å². The fourth-order valence-corrected chi connectivity index (χ4v) is 2.02. The van der Waals surface area contributed by atoms with Crippen molar-refractivity contribution < 1.29 is 9.53 Å². The summed E-state index contributed by atoms with van der Waals surface area (Å²) >= 11 is 1.86. The van der Waals surface area contributed by atoms with E-state index in [-0.39, 0.29) is 12.1 Å². The standard InChI is InChI=1S/C9H13NO2S/c1-2-13-4-3-7-6-10-8(11)5-9(10)12-7/h3,9H,2,4-6H2,1H3/b7-3-/t9-/m1/s1.